The molecule has 0 aliphatic carbocycles. The number of methoxy groups -OCH3 is 2. The minimum absolute atomic E-state index is 0.0626. The van der Waals surface area contributed by atoms with Gasteiger partial charge < -0.3 is 14.0 Å². The largest absolute Gasteiger partial charge is 0.606 e. The molecule has 2 rings (SSSR count). The van der Waals surface area contributed by atoms with E-state index in [1.165, 1.54) is 32.4 Å². The van der Waals surface area contributed by atoms with Crippen LogP contribution >= 0.6 is 0 Å². The quantitative estimate of drug-likeness (QED) is 0.164. The fourth-order valence-corrected chi connectivity index (χ4v) is 3.32. The number of rotatable bonds is 7. The number of nitrogens with zero attached hydrogens (tertiary/aromatic N) is 1. The molecule has 0 aromatic heterocycles. The van der Waals surface area contributed by atoms with Crippen LogP contribution in [0.4, 0.5) is 22.0 Å². The minimum Gasteiger partial charge on any atom is -0.606 e. The standard InChI is InChI=1S/C17H12F5NO5S/c1-27-10-4-3-8(5-11(10)28-2)7-29(26)12(23(24)25)6-9-13(18)15(20)17(22)16(21)14(9)19/h3-6H,7H2,1-2H3. The van der Waals surface area contributed by atoms with Gasteiger partial charge in [0.25, 0.3) is 0 Å². The summed E-state index contributed by atoms with van der Waals surface area (Å²) in [7, 11) is 2.69. The fraction of sp³-hybridized carbons (Fsp3) is 0.176. The molecular formula is C17H12F5NO5S. The summed E-state index contributed by atoms with van der Waals surface area (Å²) in [5, 5.41) is 9.96. The van der Waals surface area contributed by atoms with Gasteiger partial charge >= 0.3 is 5.03 Å². The van der Waals surface area contributed by atoms with Crippen molar-refractivity contribution in [3.8, 4) is 11.5 Å². The van der Waals surface area contributed by atoms with Gasteiger partial charge in [-0.2, -0.15) is 0 Å². The molecular weight excluding hydrogens is 425 g/mol. The maximum Gasteiger partial charge on any atom is 0.441 e. The lowest BCUT2D eigenvalue weighted by molar-refractivity contribution is -0.410. The van der Waals surface area contributed by atoms with Gasteiger partial charge in [-0.15, -0.1) is 0 Å². The molecule has 0 spiro atoms. The molecule has 0 aliphatic rings. The molecule has 0 aliphatic heterocycles. The fourth-order valence-electron chi connectivity index (χ4n) is 2.27. The van der Waals surface area contributed by atoms with Crippen LogP contribution < -0.4 is 9.47 Å². The van der Waals surface area contributed by atoms with E-state index in [1.807, 2.05) is 0 Å². The molecule has 0 amide bonds. The molecule has 2 aromatic rings. The lowest BCUT2D eigenvalue weighted by Gasteiger charge is -2.11. The molecule has 0 saturated carbocycles. The van der Waals surface area contributed by atoms with E-state index in [0.29, 0.717) is 5.75 Å². The highest BCUT2D eigenvalue weighted by Gasteiger charge is 2.32. The second-order valence-electron chi connectivity index (χ2n) is 5.40. The third-order valence-electron chi connectivity index (χ3n) is 3.67. The Kier molecular flexibility index (Phi) is 7.03. The molecule has 1 unspecified atom stereocenters. The summed E-state index contributed by atoms with van der Waals surface area (Å²) in [6.07, 6.45) is 0.0626. The lowest BCUT2D eigenvalue weighted by Crippen LogP contribution is -2.15. The van der Waals surface area contributed by atoms with Gasteiger partial charge in [0, 0.05) is 5.56 Å². The average Bonchev–Trinajstić information content (AvgIpc) is 2.70. The van der Waals surface area contributed by atoms with E-state index >= 15 is 0 Å². The van der Waals surface area contributed by atoms with Crippen molar-refractivity contribution in [2.24, 2.45) is 0 Å². The Hall–Kier alpha value is -2.86. The minimum atomic E-state index is -2.50. The van der Waals surface area contributed by atoms with Crippen molar-refractivity contribution >= 4 is 17.3 Å². The molecule has 1 atom stereocenters. The van der Waals surface area contributed by atoms with Crippen molar-refractivity contribution in [2.75, 3.05) is 14.2 Å². The Morgan fingerprint density at radius 3 is 2.00 bits per heavy atom. The molecule has 156 valence electrons. The van der Waals surface area contributed by atoms with E-state index in [9.17, 15) is 36.6 Å². The number of halogens is 5. The van der Waals surface area contributed by atoms with Crippen molar-refractivity contribution in [3.63, 3.8) is 0 Å². The van der Waals surface area contributed by atoms with E-state index in [0.717, 1.165) is 0 Å². The van der Waals surface area contributed by atoms with Gasteiger partial charge in [-0.25, -0.2) is 22.0 Å². The maximum atomic E-state index is 13.8. The Morgan fingerprint density at radius 2 is 1.52 bits per heavy atom. The van der Waals surface area contributed by atoms with Gasteiger partial charge in [0.2, 0.25) is 5.82 Å². The van der Waals surface area contributed by atoms with E-state index < -0.39 is 61.5 Å². The molecule has 12 heteroatoms. The number of hydrogen-bond donors (Lipinski definition) is 0. The van der Waals surface area contributed by atoms with Crippen molar-refractivity contribution in [3.05, 3.63) is 73.6 Å². The number of hydrogen-bond acceptors (Lipinski definition) is 5. The molecule has 0 radical (unpaired) electrons. The highest BCUT2D eigenvalue weighted by Crippen LogP contribution is 2.30. The smallest absolute Gasteiger partial charge is 0.441 e. The van der Waals surface area contributed by atoms with Crippen molar-refractivity contribution in [1.29, 1.82) is 0 Å². The average molecular weight is 437 g/mol. The molecule has 29 heavy (non-hydrogen) atoms. The molecule has 0 N–H and O–H groups in total. The molecule has 0 fully saturated rings. The van der Waals surface area contributed by atoms with E-state index in [-0.39, 0.29) is 17.4 Å². The van der Waals surface area contributed by atoms with E-state index in [2.05, 4.69) is 0 Å². The van der Waals surface area contributed by atoms with Crippen LogP contribution in [0.1, 0.15) is 11.1 Å². The first kappa shape index (κ1) is 22.4. The van der Waals surface area contributed by atoms with Crippen molar-refractivity contribution < 1.29 is 40.9 Å². The van der Waals surface area contributed by atoms with Crippen LogP contribution in [-0.2, 0) is 16.9 Å². The Labute approximate surface area is 163 Å². The summed E-state index contributed by atoms with van der Waals surface area (Å²) in [5.74, 6) is -11.4. The summed E-state index contributed by atoms with van der Waals surface area (Å²) in [6, 6.07) is 4.22. The van der Waals surface area contributed by atoms with Crippen LogP contribution in [0, 0.1) is 39.2 Å². The number of benzene rings is 2. The Morgan fingerprint density at radius 1 is 1.00 bits per heavy atom. The molecule has 0 heterocycles. The van der Waals surface area contributed by atoms with Gasteiger partial charge in [-0.3, -0.25) is 10.1 Å². The second-order valence-corrected chi connectivity index (χ2v) is 6.80. The second kappa shape index (κ2) is 9.09. The third-order valence-corrected chi connectivity index (χ3v) is 5.00. The first-order valence-electron chi connectivity index (χ1n) is 7.59. The van der Waals surface area contributed by atoms with E-state index in [4.69, 9.17) is 9.47 Å². The first-order valence-corrected chi connectivity index (χ1v) is 8.91. The number of ether oxygens (including phenoxy) is 2. The van der Waals surface area contributed by atoms with Crippen LogP contribution in [0.25, 0.3) is 6.08 Å². The van der Waals surface area contributed by atoms with Crippen LogP contribution in [-0.4, -0.2) is 23.7 Å². The Bertz CT molecular complexity index is 956. The van der Waals surface area contributed by atoms with E-state index in [1.54, 1.807) is 0 Å². The third kappa shape index (κ3) is 4.59. The zero-order valence-corrected chi connectivity index (χ0v) is 15.6. The van der Waals surface area contributed by atoms with Crippen molar-refractivity contribution in [1.82, 2.24) is 0 Å². The van der Waals surface area contributed by atoms with Crippen LogP contribution in [0.2, 0.25) is 0 Å². The zero-order chi connectivity index (χ0) is 21.9. The van der Waals surface area contributed by atoms with Gasteiger partial charge in [0.15, 0.2) is 34.8 Å². The maximum absolute atomic E-state index is 13.8. The van der Waals surface area contributed by atoms with Crippen LogP contribution in [0.3, 0.4) is 0 Å². The monoisotopic (exact) mass is 437 g/mol. The summed E-state index contributed by atoms with van der Waals surface area (Å²) in [6.45, 7) is 0. The normalized spacial score (nSPS) is 12.6. The summed E-state index contributed by atoms with van der Waals surface area (Å²) >= 11 is -2.50. The molecule has 6 nitrogen and oxygen atoms in total. The highest BCUT2D eigenvalue weighted by molar-refractivity contribution is 7.94. The van der Waals surface area contributed by atoms with Crippen molar-refractivity contribution in [2.45, 2.75) is 5.75 Å². The van der Waals surface area contributed by atoms with Gasteiger partial charge in [-0.05, 0) is 12.1 Å². The Balaban J connectivity index is 2.46. The predicted octanol–water partition coefficient (Wildman–Crippen LogP) is 3.92. The summed E-state index contributed by atoms with van der Waals surface area (Å²) < 4.78 is 89.7. The topological polar surface area (TPSA) is 84.7 Å². The zero-order valence-electron chi connectivity index (χ0n) is 14.8. The summed E-state index contributed by atoms with van der Waals surface area (Å²) in [5.41, 5.74) is -1.29. The molecule has 0 bridgehead atoms. The highest BCUT2D eigenvalue weighted by atomic mass is 32.2. The summed E-state index contributed by atoms with van der Waals surface area (Å²) in [4.78, 5) is 9.98. The van der Waals surface area contributed by atoms with Crippen LogP contribution in [0.15, 0.2) is 23.2 Å². The van der Waals surface area contributed by atoms with Gasteiger partial charge in [0.05, 0.1) is 37.0 Å². The molecule has 2 aromatic carbocycles. The SMILES string of the molecule is COc1ccc(C[S+]([O-])C(=Cc2c(F)c(F)c(F)c(F)c2F)[N+](=O)[O-])cc1OC. The van der Waals surface area contributed by atoms with Crippen LogP contribution in [0.5, 0.6) is 11.5 Å². The molecule has 0 saturated heterocycles. The number of nitro groups is 1. The van der Waals surface area contributed by atoms with Gasteiger partial charge in [0.1, 0.15) is 10.7 Å². The lowest BCUT2D eigenvalue weighted by atomic mass is 10.1. The first-order chi connectivity index (χ1) is 13.6. The predicted molar refractivity (Wildman–Crippen MR) is 92.6 cm³/mol. The van der Waals surface area contributed by atoms with Gasteiger partial charge in [-0.1, -0.05) is 6.07 Å².